The predicted octanol–water partition coefficient (Wildman–Crippen LogP) is 3.01. The van der Waals surface area contributed by atoms with Gasteiger partial charge in [-0.25, -0.2) is 0 Å². The average molecular weight is 434 g/mol. The Morgan fingerprint density at radius 2 is 1.81 bits per heavy atom. The molecule has 2 aromatic carbocycles. The van der Waals surface area contributed by atoms with Crippen molar-refractivity contribution in [2.75, 3.05) is 17.2 Å². The van der Waals surface area contributed by atoms with Crippen LogP contribution in [-0.4, -0.2) is 29.5 Å². The van der Waals surface area contributed by atoms with Gasteiger partial charge in [-0.15, -0.1) is 11.8 Å². The van der Waals surface area contributed by atoms with Crippen molar-refractivity contribution in [2.24, 2.45) is 0 Å². The fraction of sp³-hybridized carbons (Fsp3) is 0.167. The fourth-order valence-electron chi connectivity index (χ4n) is 2.40. The van der Waals surface area contributed by atoms with Crippen LogP contribution in [0.2, 0.25) is 0 Å². The number of fused-ring (bicyclic) bond motifs is 1. The number of carbonyl (C=O) groups excluding carboxylic acids is 3. The van der Waals surface area contributed by atoms with Crippen LogP contribution >= 0.6 is 27.7 Å². The molecule has 6 nitrogen and oxygen atoms in total. The van der Waals surface area contributed by atoms with Crippen LogP contribution in [0.5, 0.6) is 0 Å². The largest absolute Gasteiger partial charge is 0.347 e. The van der Waals surface area contributed by atoms with Crippen LogP contribution in [0.3, 0.4) is 0 Å². The number of halogens is 1. The molecule has 3 rings (SSSR count). The van der Waals surface area contributed by atoms with Crippen LogP contribution in [-0.2, 0) is 14.4 Å². The first kappa shape index (κ1) is 18.5. The average Bonchev–Trinajstić information content (AvgIpc) is 2.62. The summed E-state index contributed by atoms with van der Waals surface area (Å²) in [5.41, 5.74) is 1.39. The third-order valence-corrected chi connectivity index (χ3v) is 5.64. The molecule has 0 aliphatic carbocycles. The zero-order valence-corrected chi connectivity index (χ0v) is 16.0. The lowest BCUT2D eigenvalue weighted by molar-refractivity contribution is -0.125. The number of rotatable bonds is 5. The molecule has 134 valence electrons. The number of nitrogens with one attached hydrogen (secondary N) is 3. The number of anilines is 2. The Labute approximate surface area is 163 Å². The minimum atomic E-state index is -0.517. The van der Waals surface area contributed by atoms with E-state index in [4.69, 9.17) is 0 Å². The number of hydrogen-bond donors (Lipinski definition) is 3. The summed E-state index contributed by atoms with van der Waals surface area (Å²) in [6.07, 6.45) is 0.00709. The van der Waals surface area contributed by atoms with Crippen molar-refractivity contribution in [2.45, 2.75) is 16.6 Å². The van der Waals surface area contributed by atoms with Crippen molar-refractivity contribution in [1.82, 2.24) is 5.32 Å². The topological polar surface area (TPSA) is 87.3 Å². The summed E-state index contributed by atoms with van der Waals surface area (Å²) in [5.74, 6) is -0.892. The molecule has 8 heteroatoms. The highest BCUT2D eigenvalue weighted by Gasteiger charge is 2.28. The number of amides is 3. The maximum Gasteiger partial charge on any atom is 0.243 e. The molecule has 1 aliphatic heterocycles. The van der Waals surface area contributed by atoms with Gasteiger partial charge >= 0.3 is 0 Å². The van der Waals surface area contributed by atoms with Crippen molar-refractivity contribution in [3.8, 4) is 0 Å². The number of carbonyl (C=O) groups is 3. The van der Waals surface area contributed by atoms with Crippen LogP contribution in [0.25, 0.3) is 0 Å². The Morgan fingerprint density at radius 3 is 2.62 bits per heavy atom. The molecule has 0 saturated carbocycles. The molecule has 3 amide bonds. The lowest BCUT2D eigenvalue weighted by Gasteiger charge is -2.23. The Kier molecular flexibility index (Phi) is 5.95. The normalized spacial score (nSPS) is 15.6. The van der Waals surface area contributed by atoms with Gasteiger partial charge in [-0.05, 0) is 40.2 Å². The van der Waals surface area contributed by atoms with Gasteiger partial charge in [0.1, 0.15) is 0 Å². The molecule has 0 aromatic heterocycles. The van der Waals surface area contributed by atoms with Crippen LogP contribution in [0.15, 0.2) is 57.9 Å². The molecule has 0 unspecified atom stereocenters. The fourth-order valence-corrected chi connectivity index (χ4v) is 3.90. The maximum atomic E-state index is 12.1. The van der Waals surface area contributed by atoms with E-state index in [0.29, 0.717) is 5.69 Å². The summed E-state index contributed by atoms with van der Waals surface area (Å²) in [6.45, 7) is -0.157. The molecule has 1 heterocycles. The summed E-state index contributed by atoms with van der Waals surface area (Å²) >= 11 is 4.69. The molecule has 0 bridgehead atoms. The van der Waals surface area contributed by atoms with E-state index >= 15 is 0 Å². The second-order valence-electron chi connectivity index (χ2n) is 5.60. The van der Waals surface area contributed by atoms with Gasteiger partial charge in [-0.3, -0.25) is 14.4 Å². The summed E-state index contributed by atoms with van der Waals surface area (Å²) in [5, 5.41) is 7.54. The molecule has 1 aliphatic rings. The van der Waals surface area contributed by atoms with E-state index in [1.54, 1.807) is 12.1 Å². The molecule has 2 aromatic rings. The van der Waals surface area contributed by atoms with Gasteiger partial charge in [0.15, 0.2) is 0 Å². The molecular formula is C18H16BrN3O3S. The highest BCUT2D eigenvalue weighted by molar-refractivity contribution is 9.10. The van der Waals surface area contributed by atoms with Crippen molar-refractivity contribution in [3.05, 3.63) is 53.0 Å². The Balaban J connectivity index is 1.49. The lowest BCUT2D eigenvalue weighted by atomic mass is 10.2. The van der Waals surface area contributed by atoms with E-state index in [0.717, 1.165) is 15.1 Å². The SMILES string of the molecule is O=C(C[C@H]1Sc2ccccc2NC1=O)NCC(=O)Nc1ccccc1Br. The van der Waals surface area contributed by atoms with Crippen molar-refractivity contribution in [1.29, 1.82) is 0 Å². The summed E-state index contributed by atoms with van der Waals surface area (Å²) < 4.78 is 0.758. The summed E-state index contributed by atoms with van der Waals surface area (Å²) in [7, 11) is 0. The van der Waals surface area contributed by atoms with Crippen LogP contribution < -0.4 is 16.0 Å². The lowest BCUT2D eigenvalue weighted by Crippen LogP contribution is -2.37. The summed E-state index contributed by atoms with van der Waals surface area (Å²) in [4.78, 5) is 37.1. The van der Waals surface area contributed by atoms with E-state index in [1.807, 2.05) is 36.4 Å². The van der Waals surface area contributed by atoms with E-state index in [2.05, 4.69) is 31.9 Å². The highest BCUT2D eigenvalue weighted by Crippen LogP contribution is 2.36. The first-order valence-electron chi connectivity index (χ1n) is 7.90. The van der Waals surface area contributed by atoms with Gasteiger partial charge in [0.25, 0.3) is 0 Å². The number of thioether (sulfide) groups is 1. The zero-order valence-electron chi connectivity index (χ0n) is 13.6. The van der Waals surface area contributed by atoms with E-state index in [9.17, 15) is 14.4 Å². The molecular weight excluding hydrogens is 418 g/mol. The van der Waals surface area contributed by atoms with Gasteiger partial charge < -0.3 is 16.0 Å². The quantitative estimate of drug-likeness (QED) is 0.676. The number of para-hydroxylation sites is 2. The van der Waals surface area contributed by atoms with Gasteiger partial charge in [-0.2, -0.15) is 0 Å². The van der Waals surface area contributed by atoms with Gasteiger partial charge in [-0.1, -0.05) is 24.3 Å². The van der Waals surface area contributed by atoms with E-state index in [-0.39, 0.29) is 30.7 Å². The van der Waals surface area contributed by atoms with E-state index < -0.39 is 5.25 Å². The molecule has 0 saturated heterocycles. The Morgan fingerprint density at radius 1 is 1.08 bits per heavy atom. The molecule has 1 atom stereocenters. The van der Waals surface area contributed by atoms with Crippen molar-refractivity contribution >= 4 is 56.8 Å². The van der Waals surface area contributed by atoms with Crippen LogP contribution in [0.1, 0.15) is 6.42 Å². The second kappa shape index (κ2) is 8.37. The van der Waals surface area contributed by atoms with Gasteiger partial charge in [0.2, 0.25) is 17.7 Å². The number of benzene rings is 2. The van der Waals surface area contributed by atoms with Crippen LogP contribution in [0, 0.1) is 0 Å². The minimum absolute atomic E-state index is 0.00709. The molecule has 0 radical (unpaired) electrons. The minimum Gasteiger partial charge on any atom is -0.347 e. The summed E-state index contributed by atoms with van der Waals surface area (Å²) in [6, 6.07) is 14.7. The molecule has 3 N–H and O–H groups in total. The third kappa shape index (κ3) is 4.64. The molecule has 26 heavy (non-hydrogen) atoms. The second-order valence-corrected chi connectivity index (χ2v) is 7.70. The standard InChI is InChI=1S/C18H16BrN3O3S/c19-11-5-1-2-6-12(11)21-17(24)10-20-16(23)9-15-18(25)22-13-7-3-4-8-14(13)26-15/h1-8,15H,9-10H2,(H,20,23)(H,21,24)(H,22,25)/t15-/m1/s1. The first-order chi connectivity index (χ1) is 12.5. The van der Waals surface area contributed by atoms with Crippen molar-refractivity contribution < 1.29 is 14.4 Å². The molecule has 0 spiro atoms. The smallest absolute Gasteiger partial charge is 0.243 e. The Bertz CT molecular complexity index is 859. The predicted molar refractivity (Wildman–Crippen MR) is 105 cm³/mol. The highest BCUT2D eigenvalue weighted by atomic mass is 79.9. The van der Waals surface area contributed by atoms with Crippen LogP contribution in [0.4, 0.5) is 11.4 Å². The first-order valence-corrected chi connectivity index (χ1v) is 9.58. The maximum absolute atomic E-state index is 12.1. The number of hydrogen-bond acceptors (Lipinski definition) is 4. The zero-order chi connectivity index (χ0) is 18.5. The molecule has 0 fully saturated rings. The van der Waals surface area contributed by atoms with Gasteiger partial charge in [0.05, 0.1) is 23.2 Å². The van der Waals surface area contributed by atoms with E-state index in [1.165, 1.54) is 11.8 Å². The van der Waals surface area contributed by atoms with Gasteiger partial charge in [0, 0.05) is 15.8 Å². The Hall–Kier alpha value is -2.32. The van der Waals surface area contributed by atoms with Crippen molar-refractivity contribution in [3.63, 3.8) is 0 Å². The monoisotopic (exact) mass is 433 g/mol. The third-order valence-electron chi connectivity index (χ3n) is 3.67.